The SMILES string of the molecule is Nc1ccc(Cn2nccc2C(=O)C=C(O)c2ncn[nH]2)cc1. The summed E-state index contributed by atoms with van der Waals surface area (Å²) >= 11 is 0. The lowest BCUT2D eigenvalue weighted by Crippen LogP contribution is -2.10. The Morgan fingerprint density at radius 3 is 2.78 bits per heavy atom. The van der Waals surface area contributed by atoms with Gasteiger partial charge in [-0.1, -0.05) is 12.1 Å². The van der Waals surface area contributed by atoms with Gasteiger partial charge in [0.15, 0.2) is 11.6 Å². The molecule has 8 nitrogen and oxygen atoms in total. The van der Waals surface area contributed by atoms with Crippen LogP contribution in [0.1, 0.15) is 21.9 Å². The number of H-pyrrole nitrogens is 1. The molecule has 0 fully saturated rings. The number of aliphatic hydroxyl groups is 1. The van der Waals surface area contributed by atoms with Crippen LogP contribution >= 0.6 is 0 Å². The van der Waals surface area contributed by atoms with Crippen molar-refractivity contribution in [1.29, 1.82) is 0 Å². The molecule has 1 aromatic carbocycles. The van der Waals surface area contributed by atoms with Crippen molar-refractivity contribution in [2.45, 2.75) is 6.54 Å². The lowest BCUT2D eigenvalue weighted by Gasteiger charge is -2.06. The van der Waals surface area contributed by atoms with Crippen LogP contribution in [0, 0.1) is 0 Å². The molecule has 3 rings (SSSR count). The molecule has 0 amide bonds. The first-order chi connectivity index (χ1) is 11.1. The molecular formula is C15H14N6O2. The lowest BCUT2D eigenvalue weighted by atomic mass is 10.2. The number of nitrogens with two attached hydrogens (primary N) is 1. The highest BCUT2D eigenvalue weighted by molar-refractivity contribution is 6.06. The van der Waals surface area contributed by atoms with Crippen LogP contribution in [0.25, 0.3) is 5.76 Å². The number of nitrogens with zero attached hydrogens (tertiary/aromatic N) is 4. The van der Waals surface area contributed by atoms with E-state index in [4.69, 9.17) is 5.73 Å². The highest BCUT2D eigenvalue weighted by Crippen LogP contribution is 2.11. The minimum atomic E-state index is -0.383. The van der Waals surface area contributed by atoms with E-state index >= 15 is 0 Å². The molecule has 2 heterocycles. The molecule has 3 aromatic rings. The summed E-state index contributed by atoms with van der Waals surface area (Å²) in [5.74, 6) is -0.539. The van der Waals surface area contributed by atoms with Gasteiger partial charge in [0.2, 0.25) is 5.78 Å². The minimum Gasteiger partial charge on any atom is -0.504 e. The molecule has 0 aliphatic rings. The molecule has 2 aromatic heterocycles. The van der Waals surface area contributed by atoms with Crippen LogP contribution in [0.5, 0.6) is 0 Å². The van der Waals surface area contributed by atoms with Gasteiger partial charge in [-0.05, 0) is 23.8 Å². The van der Waals surface area contributed by atoms with Crippen LogP contribution < -0.4 is 5.73 Å². The van der Waals surface area contributed by atoms with Crippen LogP contribution in [-0.2, 0) is 6.54 Å². The average Bonchev–Trinajstić information content (AvgIpc) is 3.20. The number of carbonyl (C=O) groups is 1. The summed E-state index contributed by atoms with van der Waals surface area (Å²) in [5, 5.41) is 20.1. The topological polar surface area (TPSA) is 123 Å². The number of allylic oxidation sites excluding steroid dienone is 1. The first-order valence-corrected chi connectivity index (χ1v) is 6.80. The van der Waals surface area contributed by atoms with E-state index in [2.05, 4.69) is 20.3 Å². The van der Waals surface area contributed by atoms with Crippen molar-refractivity contribution in [1.82, 2.24) is 25.0 Å². The number of ketones is 1. The fourth-order valence-electron chi connectivity index (χ4n) is 2.06. The molecule has 23 heavy (non-hydrogen) atoms. The molecule has 8 heteroatoms. The quantitative estimate of drug-likeness (QED) is 0.283. The number of anilines is 1. The van der Waals surface area contributed by atoms with E-state index in [0.717, 1.165) is 11.6 Å². The predicted molar refractivity (Wildman–Crippen MR) is 83.5 cm³/mol. The van der Waals surface area contributed by atoms with Crippen LogP contribution in [0.2, 0.25) is 0 Å². The molecule has 0 atom stereocenters. The van der Waals surface area contributed by atoms with E-state index in [-0.39, 0.29) is 17.4 Å². The van der Waals surface area contributed by atoms with Gasteiger partial charge in [-0.3, -0.25) is 14.6 Å². The Hall–Kier alpha value is -3.42. The van der Waals surface area contributed by atoms with Gasteiger partial charge in [-0.15, -0.1) is 0 Å². The molecule has 4 N–H and O–H groups in total. The van der Waals surface area contributed by atoms with Crippen LogP contribution in [0.4, 0.5) is 5.69 Å². The van der Waals surface area contributed by atoms with Gasteiger partial charge in [0.1, 0.15) is 12.0 Å². The van der Waals surface area contributed by atoms with E-state index in [1.807, 2.05) is 12.1 Å². The monoisotopic (exact) mass is 310 g/mol. The first-order valence-electron chi connectivity index (χ1n) is 6.80. The fourth-order valence-corrected chi connectivity index (χ4v) is 2.06. The smallest absolute Gasteiger partial charge is 0.207 e. The molecule has 0 bridgehead atoms. The second-order valence-electron chi connectivity index (χ2n) is 4.84. The largest absolute Gasteiger partial charge is 0.504 e. The first kappa shape index (κ1) is 14.5. The fraction of sp³-hybridized carbons (Fsp3) is 0.0667. The van der Waals surface area contributed by atoms with Gasteiger partial charge < -0.3 is 10.8 Å². The zero-order valence-corrected chi connectivity index (χ0v) is 12.0. The Morgan fingerprint density at radius 1 is 1.30 bits per heavy atom. The summed E-state index contributed by atoms with van der Waals surface area (Å²) in [7, 11) is 0. The number of aromatic amines is 1. The standard InChI is InChI=1S/C15H14N6O2/c16-11-3-1-10(2-4-11)8-21-12(5-6-19-21)13(22)7-14(23)15-17-9-18-20-15/h1-7,9,23H,8,16H2,(H,17,18,20). The number of nitrogens with one attached hydrogen (secondary N) is 1. The number of rotatable bonds is 5. The van der Waals surface area contributed by atoms with Gasteiger partial charge in [-0.25, -0.2) is 4.98 Å². The maximum Gasteiger partial charge on any atom is 0.207 e. The summed E-state index contributed by atoms with van der Waals surface area (Å²) in [6, 6.07) is 8.90. The van der Waals surface area contributed by atoms with Crippen molar-refractivity contribution >= 4 is 17.2 Å². The second kappa shape index (κ2) is 6.14. The summed E-state index contributed by atoms with van der Waals surface area (Å²) < 4.78 is 1.55. The molecule has 0 spiro atoms. The molecular weight excluding hydrogens is 296 g/mol. The number of carbonyl (C=O) groups excluding carboxylic acids is 1. The summed E-state index contributed by atoms with van der Waals surface area (Å²) in [6.45, 7) is 0.422. The number of hydrogen-bond acceptors (Lipinski definition) is 6. The van der Waals surface area contributed by atoms with E-state index in [9.17, 15) is 9.90 Å². The van der Waals surface area contributed by atoms with Gasteiger partial charge in [0.25, 0.3) is 0 Å². The van der Waals surface area contributed by atoms with Crippen molar-refractivity contribution in [2.75, 3.05) is 5.73 Å². The average molecular weight is 310 g/mol. The maximum absolute atomic E-state index is 12.3. The zero-order valence-electron chi connectivity index (χ0n) is 12.0. The molecule has 116 valence electrons. The summed E-state index contributed by atoms with van der Waals surface area (Å²) in [4.78, 5) is 16.1. The highest BCUT2D eigenvalue weighted by atomic mass is 16.3. The Labute approximate surface area is 131 Å². The van der Waals surface area contributed by atoms with Crippen LogP contribution in [0.15, 0.2) is 48.9 Å². The normalized spacial score (nSPS) is 11.6. The minimum absolute atomic E-state index is 0.128. The highest BCUT2D eigenvalue weighted by Gasteiger charge is 2.13. The third-order valence-electron chi connectivity index (χ3n) is 3.21. The number of hydrogen-bond donors (Lipinski definition) is 3. The Bertz CT molecular complexity index is 833. The number of benzene rings is 1. The predicted octanol–water partition coefficient (Wildman–Crippen LogP) is 1.41. The van der Waals surface area contributed by atoms with Gasteiger partial charge >= 0.3 is 0 Å². The second-order valence-corrected chi connectivity index (χ2v) is 4.84. The van der Waals surface area contributed by atoms with Crippen LogP contribution in [0.3, 0.4) is 0 Å². The summed E-state index contributed by atoms with van der Waals surface area (Å²) in [6.07, 6.45) is 3.86. The Kier molecular flexibility index (Phi) is 3.88. The Balaban J connectivity index is 1.81. The van der Waals surface area contributed by atoms with Crippen molar-refractivity contribution in [3.8, 4) is 0 Å². The Morgan fingerprint density at radius 2 is 2.09 bits per heavy atom. The van der Waals surface area contributed by atoms with E-state index < -0.39 is 0 Å². The molecule has 0 aliphatic carbocycles. The maximum atomic E-state index is 12.3. The molecule has 0 saturated carbocycles. The zero-order chi connectivity index (χ0) is 16.2. The summed E-state index contributed by atoms with van der Waals surface area (Å²) in [5.41, 5.74) is 7.64. The van der Waals surface area contributed by atoms with E-state index in [1.165, 1.54) is 12.5 Å². The lowest BCUT2D eigenvalue weighted by molar-refractivity contribution is 0.103. The van der Waals surface area contributed by atoms with Crippen molar-refractivity contribution in [3.63, 3.8) is 0 Å². The molecule has 0 aliphatic heterocycles. The van der Waals surface area contributed by atoms with Gasteiger partial charge in [0.05, 0.1) is 6.54 Å². The number of aliphatic hydroxyl groups excluding tert-OH is 1. The number of nitrogen functional groups attached to an aromatic ring is 1. The third kappa shape index (κ3) is 3.26. The molecule has 0 unspecified atom stereocenters. The van der Waals surface area contributed by atoms with E-state index in [0.29, 0.717) is 17.9 Å². The number of aromatic nitrogens is 5. The third-order valence-corrected chi connectivity index (χ3v) is 3.21. The van der Waals surface area contributed by atoms with Crippen molar-refractivity contribution in [2.24, 2.45) is 0 Å². The molecule has 0 saturated heterocycles. The van der Waals surface area contributed by atoms with Crippen LogP contribution in [-0.4, -0.2) is 35.9 Å². The molecule has 0 radical (unpaired) electrons. The van der Waals surface area contributed by atoms with Gasteiger partial charge in [0, 0.05) is 18.0 Å². The van der Waals surface area contributed by atoms with Crippen molar-refractivity contribution in [3.05, 3.63) is 66.0 Å². The van der Waals surface area contributed by atoms with Crippen molar-refractivity contribution < 1.29 is 9.90 Å². The van der Waals surface area contributed by atoms with Gasteiger partial charge in [-0.2, -0.15) is 10.2 Å². The van der Waals surface area contributed by atoms with E-state index in [1.54, 1.807) is 22.9 Å².